The van der Waals surface area contributed by atoms with Crippen LogP contribution in [0.4, 0.5) is 0 Å². The van der Waals surface area contributed by atoms with E-state index >= 15 is 0 Å². The molecule has 2 rings (SSSR count). The van der Waals surface area contributed by atoms with Gasteiger partial charge >= 0.3 is 258 Å². The summed E-state index contributed by atoms with van der Waals surface area (Å²) in [5.74, 6) is 0. The van der Waals surface area contributed by atoms with Crippen LogP contribution in [0.3, 0.4) is 0 Å². The summed E-state index contributed by atoms with van der Waals surface area (Å²) in [7, 11) is -8.74. The minimum absolute atomic E-state index is 0.798. The maximum atomic E-state index is 2.89. The average Bonchev–Trinajstić information content (AvgIpc) is 2.61. The Kier molecular flexibility index (Phi) is 10.9. The van der Waals surface area contributed by atoms with Gasteiger partial charge in [0.05, 0.1) is 0 Å². The SMILES string of the molecule is C[Si](C)(C)C(c1cc(C([Si](C)(C)C)[Si](C)(C)C)[c]([Ge]2[CH]=CCC=[CH]2)c(C([Si](C)(C)C)[Si](C)(C)C)c1)[Si](C)(C)C. The predicted octanol–water partition coefficient (Wildman–Crippen LogP) is 10.5. The zero-order valence-electron chi connectivity index (χ0n) is 29.4. The molecule has 0 fully saturated rings. The first-order chi connectivity index (χ1) is 17.2. The molecule has 39 heavy (non-hydrogen) atoms. The summed E-state index contributed by atoms with van der Waals surface area (Å²) in [6.45, 7) is 48.2. The molecule has 0 N–H and O–H groups in total. The molecule has 0 unspecified atom stereocenters. The topological polar surface area (TPSA) is 0 Å². The third-order valence-corrected chi connectivity index (χ3v) is 41.3. The van der Waals surface area contributed by atoms with Crippen LogP contribution >= 0.6 is 0 Å². The van der Waals surface area contributed by atoms with Gasteiger partial charge < -0.3 is 0 Å². The first-order valence-corrected chi connectivity index (χ1v) is 40.5. The monoisotopic (exact) mass is 691 g/mol. The Morgan fingerprint density at radius 3 is 1.00 bits per heavy atom. The van der Waals surface area contributed by atoms with Crippen molar-refractivity contribution in [1.82, 2.24) is 0 Å². The van der Waals surface area contributed by atoms with Crippen LogP contribution < -0.4 is 4.40 Å². The first-order valence-electron chi connectivity index (χ1n) is 15.6. The van der Waals surface area contributed by atoms with Crippen molar-refractivity contribution in [2.24, 2.45) is 0 Å². The molecular weight excluding hydrogens is 625 g/mol. The maximum absolute atomic E-state index is 2.89. The van der Waals surface area contributed by atoms with Crippen LogP contribution in [0.1, 0.15) is 38.6 Å². The zero-order chi connectivity index (χ0) is 30.6. The fourth-order valence-corrected chi connectivity index (χ4v) is 53.4. The van der Waals surface area contributed by atoms with Crippen LogP contribution in [-0.2, 0) is 0 Å². The van der Waals surface area contributed by atoms with Crippen molar-refractivity contribution in [2.75, 3.05) is 0 Å². The van der Waals surface area contributed by atoms with Gasteiger partial charge in [-0.3, -0.25) is 0 Å². The second-order valence-corrected chi connectivity index (χ2v) is 57.0. The molecule has 1 radical (unpaired) electrons. The van der Waals surface area contributed by atoms with Crippen LogP contribution in [-0.4, -0.2) is 62.8 Å². The van der Waals surface area contributed by atoms with Crippen LogP contribution in [0.15, 0.2) is 34.1 Å². The molecule has 0 saturated carbocycles. The van der Waals surface area contributed by atoms with E-state index < -0.39 is 62.8 Å². The van der Waals surface area contributed by atoms with E-state index in [1.54, 1.807) is 5.56 Å². The molecule has 1 aromatic carbocycles. The fraction of sp³-hybridized carbons (Fsp3) is 0.688. The Balaban J connectivity index is 3.29. The van der Waals surface area contributed by atoms with Gasteiger partial charge in [0, 0.05) is 0 Å². The summed E-state index contributed by atoms with van der Waals surface area (Å²) in [6.07, 6.45) is 6.16. The van der Waals surface area contributed by atoms with E-state index in [2.05, 4.69) is 152 Å². The summed E-state index contributed by atoms with van der Waals surface area (Å²) in [4.78, 5) is 5.46. The first kappa shape index (κ1) is 35.7. The molecule has 0 nitrogen and oxygen atoms in total. The van der Waals surface area contributed by atoms with Crippen molar-refractivity contribution in [3.63, 3.8) is 0 Å². The van der Waals surface area contributed by atoms with Crippen molar-refractivity contribution in [1.29, 1.82) is 0 Å². The van der Waals surface area contributed by atoms with E-state index in [9.17, 15) is 0 Å². The molecule has 0 saturated heterocycles. The summed E-state index contributed by atoms with van der Waals surface area (Å²) >= 11 is -1.70. The van der Waals surface area contributed by atoms with Crippen molar-refractivity contribution < 1.29 is 0 Å². The molecular formula is C32H65GeSi6. The Hall–Kier alpha value is 0.544. The van der Waals surface area contributed by atoms with E-state index in [-0.39, 0.29) is 0 Å². The van der Waals surface area contributed by atoms with Crippen molar-refractivity contribution in [3.8, 4) is 0 Å². The molecule has 0 bridgehead atoms. The Morgan fingerprint density at radius 1 is 0.462 bits per heavy atom. The molecule has 1 aliphatic rings. The van der Waals surface area contributed by atoms with Gasteiger partial charge in [-0.25, -0.2) is 0 Å². The third-order valence-electron chi connectivity index (χ3n) is 8.53. The van der Waals surface area contributed by atoms with Crippen molar-refractivity contribution in [2.45, 2.75) is 140 Å². The zero-order valence-corrected chi connectivity index (χ0v) is 37.5. The normalized spacial score (nSPS) is 16.7. The van der Waals surface area contributed by atoms with Gasteiger partial charge in [-0.2, -0.15) is 0 Å². The number of hydrogen-bond donors (Lipinski definition) is 0. The van der Waals surface area contributed by atoms with E-state index in [4.69, 9.17) is 0 Å². The summed E-state index contributed by atoms with van der Waals surface area (Å²) in [6, 6.07) is 5.78. The van der Waals surface area contributed by atoms with E-state index in [1.807, 2.05) is 15.5 Å². The molecule has 0 atom stereocenters. The summed E-state index contributed by atoms with van der Waals surface area (Å²) in [5.41, 5.74) is 5.51. The van der Waals surface area contributed by atoms with E-state index in [0.29, 0.717) is 0 Å². The standard InChI is InChI=1S/C32H65GeSi6/c1-34(2,3)30(35(4,5)6)26-24-27(31(36(7,8)9)37(10,11)12)29(33-22-20-19-21-23-33)28(25-26)32(38(13,14)15)39(16,17)18/h20-25,30-32H,19H2,1-18H3. The number of hydrogen-bond acceptors (Lipinski definition) is 0. The van der Waals surface area contributed by atoms with E-state index in [0.717, 1.165) is 21.9 Å². The van der Waals surface area contributed by atoms with Gasteiger partial charge in [0.1, 0.15) is 0 Å². The van der Waals surface area contributed by atoms with Gasteiger partial charge in [0.2, 0.25) is 0 Å². The summed E-state index contributed by atoms with van der Waals surface area (Å²) < 4.78 is 1.92. The quantitative estimate of drug-likeness (QED) is 0.214. The van der Waals surface area contributed by atoms with Crippen LogP contribution in [0.25, 0.3) is 0 Å². The summed E-state index contributed by atoms with van der Waals surface area (Å²) in [5, 5.41) is 2.40. The third kappa shape index (κ3) is 8.79. The molecule has 0 aromatic heterocycles. The molecule has 1 aliphatic heterocycles. The predicted molar refractivity (Wildman–Crippen MR) is 203 cm³/mol. The molecule has 1 heterocycles. The number of rotatable bonds is 10. The molecule has 0 spiro atoms. The fourth-order valence-electron chi connectivity index (χ4n) is 9.12. The minimum atomic E-state index is -1.70. The Morgan fingerprint density at radius 2 is 0.744 bits per heavy atom. The molecule has 0 aliphatic carbocycles. The second-order valence-electron chi connectivity index (χ2n) is 19.1. The average molecular weight is 691 g/mol. The van der Waals surface area contributed by atoms with Gasteiger partial charge in [-0.1, -0.05) is 0 Å². The van der Waals surface area contributed by atoms with Gasteiger partial charge in [-0.05, 0) is 0 Å². The number of benzene rings is 1. The van der Waals surface area contributed by atoms with Gasteiger partial charge in [0.25, 0.3) is 0 Å². The number of allylic oxidation sites excluding steroid dienone is 2. The van der Waals surface area contributed by atoms with Gasteiger partial charge in [0.15, 0.2) is 0 Å². The molecule has 7 heteroatoms. The molecule has 221 valence electrons. The van der Waals surface area contributed by atoms with E-state index in [1.165, 1.54) is 0 Å². The molecule has 1 aromatic rings. The van der Waals surface area contributed by atoms with Crippen LogP contribution in [0.2, 0.25) is 118 Å². The van der Waals surface area contributed by atoms with Crippen molar-refractivity contribution >= 4 is 67.2 Å². The van der Waals surface area contributed by atoms with Crippen molar-refractivity contribution in [3.05, 3.63) is 50.8 Å². The Bertz CT molecular complexity index is 956. The second kappa shape index (κ2) is 11.9. The molecule has 0 amide bonds. The van der Waals surface area contributed by atoms with Crippen LogP contribution in [0.5, 0.6) is 0 Å². The van der Waals surface area contributed by atoms with Crippen LogP contribution in [0, 0.1) is 0 Å². The van der Waals surface area contributed by atoms with Gasteiger partial charge in [-0.15, -0.1) is 0 Å². The Labute approximate surface area is 256 Å².